The Morgan fingerprint density at radius 2 is 1.93 bits per heavy atom. The predicted molar refractivity (Wildman–Crippen MR) is 98.9 cm³/mol. The lowest BCUT2D eigenvalue weighted by molar-refractivity contribution is -0.117. The zero-order valence-corrected chi connectivity index (χ0v) is 15.4. The average molecular weight is 383 g/mol. The molecule has 4 rings (SSSR count). The van der Waals surface area contributed by atoms with Crippen molar-refractivity contribution in [1.29, 1.82) is 0 Å². The topological polar surface area (TPSA) is 77.7 Å². The van der Waals surface area contributed by atoms with Crippen LogP contribution in [0.25, 0.3) is 11.4 Å². The lowest BCUT2D eigenvalue weighted by Gasteiger charge is -2.15. The Hall–Kier alpha value is -3.42. The standard InChI is InChI=1S/C20H18FN3O4/c1-26-16-5-3-4-15(18(16)27-2)19-22-20(28-23-19)12-10-17(25)24(11-12)14-8-6-13(21)7-9-14/h3-9,12H,10-11H2,1-2H3/t12-/m1/s1. The van der Waals surface area contributed by atoms with Crippen molar-refractivity contribution in [3.8, 4) is 22.9 Å². The van der Waals surface area contributed by atoms with Gasteiger partial charge in [-0.2, -0.15) is 4.98 Å². The minimum Gasteiger partial charge on any atom is -0.493 e. The molecule has 28 heavy (non-hydrogen) atoms. The number of benzene rings is 2. The van der Waals surface area contributed by atoms with E-state index in [1.165, 1.54) is 12.1 Å². The molecule has 0 saturated carbocycles. The average Bonchev–Trinajstić information content (AvgIpc) is 3.35. The van der Waals surface area contributed by atoms with Crippen LogP contribution >= 0.6 is 0 Å². The summed E-state index contributed by atoms with van der Waals surface area (Å²) in [6.45, 7) is 0.390. The largest absolute Gasteiger partial charge is 0.493 e. The third-order valence-electron chi connectivity index (χ3n) is 4.70. The van der Waals surface area contributed by atoms with Crippen molar-refractivity contribution in [3.63, 3.8) is 0 Å². The molecule has 2 aromatic carbocycles. The number of hydrogen-bond donors (Lipinski definition) is 0. The highest BCUT2D eigenvalue weighted by molar-refractivity contribution is 5.96. The van der Waals surface area contributed by atoms with Gasteiger partial charge in [-0.1, -0.05) is 11.2 Å². The van der Waals surface area contributed by atoms with Gasteiger partial charge in [0.2, 0.25) is 17.6 Å². The number of aromatic nitrogens is 2. The van der Waals surface area contributed by atoms with E-state index in [2.05, 4.69) is 10.1 Å². The number of halogens is 1. The summed E-state index contributed by atoms with van der Waals surface area (Å²) in [6, 6.07) is 11.2. The maximum atomic E-state index is 13.1. The molecule has 1 aromatic heterocycles. The summed E-state index contributed by atoms with van der Waals surface area (Å²) in [4.78, 5) is 18.5. The zero-order chi connectivity index (χ0) is 19.7. The molecule has 1 aliphatic rings. The first-order chi connectivity index (χ1) is 13.6. The molecule has 1 saturated heterocycles. The second kappa shape index (κ2) is 7.30. The van der Waals surface area contributed by atoms with Crippen LogP contribution in [0.4, 0.5) is 10.1 Å². The first-order valence-corrected chi connectivity index (χ1v) is 8.71. The molecule has 0 spiro atoms. The summed E-state index contributed by atoms with van der Waals surface area (Å²) in [5, 5.41) is 4.05. The monoisotopic (exact) mass is 383 g/mol. The number of anilines is 1. The molecule has 3 aromatic rings. The van der Waals surface area contributed by atoms with Gasteiger partial charge in [-0.05, 0) is 36.4 Å². The second-order valence-corrected chi connectivity index (χ2v) is 6.38. The van der Waals surface area contributed by atoms with Crippen molar-refractivity contribution in [2.45, 2.75) is 12.3 Å². The highest BCUT2D eigenvalue weighted by Crippen LogP contribution is 2.38. The Bertz CT molecular complexity index is 1000. The van der Waals surface area contributed by atoms with Crippen LogP contribution in [0, 0.1) is 5.82 Å². The first-order valence-electron chi connectivity index (χ1n) is 8.71. The summed E-state index contributed by atoms with van der Waals surface area (Å²) >= 11 is 0. The number of hydrogen-bond acceptors (Lipinski definition) is 6. The number of ether oxygens (including phenoxy) is 2. The van der Waals surface area contributed by atoms with Gasteiger partial charge in [0.15, 0.2) is 11.5 Å². The minimum absolute atomic E-state index is 0.0738. The lowest BCUT2D eigenvalue weighted by atomic mass is 10.1. The summed E-state index contributed by atoms with van der Waals surface area (Å²) in [6.07, 6.45) is 0.244. The van der Waals surface area contributed by atoms with E-state index in [9.17, 15) is 9.18 Å². The molecular weight excluding hydrogens is 365 g/mol. The summed E-state index contributed by atoms with van der Waals surface area (Å²) in [5.74, 6) is 1.14. The molecule has 0 radical (unpaired) electrons. The first kappa shape index (κ1) is 18.0. The number of carbonyl (C=O) groups is 1. The molecule has 0 aliphatic carbocycles. The van der Waals surface area contributed by atoms with Crippen molar-refractivity contribution < 1.29 is 23.2 Å². The van der Waals surface area contributed by atoms with Crippen molar-refractivity contribution in [2.24, 2.45) is 0 Å². The fourth-order valence-electron chi connectivity index (χ4n) is 3.32. The molecule has 0 bridgehead atoms. The number of carbonyl (C=O) groups excluding carboxylic acids is 1. The maximum Gasteiger partial charge on any atom is 0.232 e. The minimum atomic E-state index is -0.347. The molecular formula is C20H18FN3O4. The second-order valence-electron chi connectivity index (χ2n) is 6.38. The van der Waals surface area contributed by atoms with E-state index in [4.69, 9.17) is 14.0 Å². The van der Waals surface area contributed by atoms with Gasteiger partial charge < -0.3 is 18.9 Å². The number of amides is 1. The Labute approximate surface area is 160 Å². The van der Waals surface area contributed by atoms with Crippen LogP contribution in [-0.2, 0) is 4.79 Å². The normalized spacial score (nSPS) is 16.5. The number of methoxy groups -OCH3 is 2. The van der Waals surface area contributed by atoms with Crippen molar-refractivity contribution in [3.05, 3.63) is 54.2 Å². The smallest absolute Gasteiger partial charge is 0.232 e. The Kier molecular flexibility index (Phi) is 4.68. The van der Waals surface area contributed by atoms with E-state index in [0.29, 0.717) is 41.0 Å². The Balaban J connectivity index is 1.59. The highest BCUT2D eigenvalue weighted by Gasteiger charge is 2.35. The fourth-order valence-corrected chi connectivity index (χ4v) is 3.32. The van der Waals surface area contributed by atoms with Crippen LogP contribution in [0.3, 0.4) is 0 Å². The van der Waals surface area contributed by atoms with Crippen LogP contribution in [0.15, 0.2) is 47.0 Å². The van der Waals surface area contributed by atoms with Crippen LogP contribution in [0.2, 0.25) is 0 Å². The SMILES string of the molecule is COc1cccc(-c2noc([C@@H]3CC(=O)N(c4ccc(F)cc4)C3)n2)c1OC. The van der Waals surface area contributed by atoms with Gasteiger partial charge >= 0.3 is 0 Å². The molecule has 1 atom stereocenters. The number of para-hydroxylation sites is 1. The van der Waals surface area contributed by atoms with Crippen molar-refractivity contribution >= 4 is 11.6 Å². The van der Waals surface area contributed by atoms with Crippen LogP contribution < -0.4 is 14.4 Å². The maximum absolute atomic E-state index is 13.1. The number of rotatable bonds is 5. The Morgan fingerprint density at radius 3 is 2.64 bits per heavy atom. The van der Waals surface area contributed by atoms with E-state index in [1.807, 2.05) is 6.07 Å². The van der Waals surface area contributed by atoms with Crippen molar-refractivity contribution in [1.82, 2.24) is 10.1 Å². The third kappa shape index (κ3) is 3.17. The van der Waals surface area contributed by atoms with Gasteiger partial charge in [0.05, 0.1) is 25.7 Å². The molecule has 2 heterocycles. The summed E-state index contributed by atoms with van der Waals surface area (Å²) < 4.78 is 29.3. The van der Waals surface area contributed by atoms with Crippen molar-refractivity contribution in [2.75, 3.05) is 25.7 Å². The van der Waals surface area contributed by atoms with Crippen LogP contribution in [0.1, 0.15) is 18.2 Å². The zero-order valence-electron chi connectivity index (χ0n) is 15.4. The van der Waals surface area contributed by atoms with Crippen LogP contribution in [-0.4, -0.2) is 36.8 Å². The predicted octanol–water partition coefficient (Wildman–Crippen LogP) is 3.41. The fraction of sp³-hybridized carbons (Fsp3) is 0.250. The Morgan fingerprint density at radius 1 is 1.14 bits per heavy atom. The van der Waals surface area contributed by atoms with E-state index >= 15 is 0 Å². The van der Waals surface area contributed by atoms with E-state index in [0.717, 1.165) is 0 Å². The van der Waals surface area contributed by atoms with E-state index < -0.39 is 0 Å². The van der Waals surface area contributed by atoms with Gasteiger partial charge in [0.25, 0.3) is 0 Å². The van der Waals surface area contributed by atoms with Gasteiger partial charge in [0, 0.05) is 18.7 Å². The van der Waals surface area contributed by atoms with Gasteiger partial charge in [-0.3, -0.25) is 4.79 Å². The molecule has 7 nitrogen and oxygen atoms in total. The molecule has 1 amide bonds. The van der Waals surface area contributed by atoms with Gasteiger partial charge in [-0.25, -0.2) is 4.39 Å². The molecule has 1 aliphatic heterocycles. The van der Waals surface area contributed by atoms with Crippen LogP contribution in [0.5, 0.6) is 11.5 Å². The summed E-state index contributed by atoms with van der Waals surface area (Å²) in [5.41, 5.74) is 1.28. The molecule has 0 N–H and O–H groups in total. The quantitative estimate of drug-likeness (QED) is 0.672. The third-order valence-corrected chi connectivity index (χ3v) is 4.70. The molecule has 8 heteroatoms. The van der Waals surface area contributed by atoms with Gasteiger partial charge in [-0.15, -0.1) is 0 Å². The molecule has 1 fully saturated rings. The van der Waals surface area contributed by atoms with Gasteiger partial charge in [0.1, 0.15) is 5.82 Å². The summed E-state index contributed by atoms with van der Waals surface area (Å²) in [7, 11) is 3.09. The highest BCUT2D eigenvalue weighted by atomic mass is 19.1. The molecule has 144 valence electrons. The molecule has 0 unspecified atom stereocenters. The van der Waals surface area contributed by atoms with E-state index in [1.54, 1.807) is 43.4 Å². The number of nitrogens with zero attached hydrogens (tertiary/aromatic N) is 3. The van der Waals surface area contributed by atoms with E-state index in [-0.39, 0.29) is 24.1 Å². The lowest BCUT2D eigenvalue weighted by Crippen LogP contribution is -2.24.